The number of carbonyl (C=O) groups is 2. The molecule has 0 aliphatic heterocycles. The molecule has 0 heterocycles. The molecule has 2 rings (SSSR count). The summed E-state index contributed by atoms with van der Waals surface area (Å²) in [4.78, 5) is 23.2. The minimum Gasteiger partial charge on any atom is -0.484 e. The molecule has 5 nitrogen and oxygen atoms in total. The van der Waals surface area contributed by atoms with Crippen LogP contribution in [0.15, 0.2) is 48.5 Å². The first-order valence-corrected chi connectivity index (χ1v) is 7.32. The third-order valence-electron chi connectivity index (χ3n) is 3.29. The molecule has 23 heavy (non-hydrogen) atoms. The minimum absolute atomic E-state index is 0.104. The van der Waals surface area contributed by atoms with Crippen molar-refractivity contribution in [3.8, 4) is 5.75 Å². The Morgan fingerprint density at radius 1 is 1.00 bits per heavy atom. The Hall–Kier alpha value is -2.82. The summed E-state index contributed by atoms with van der Waals surface area (Å²) in [6, 6.07) is 14.1. The van der Waals surface area contributed by atoms with E-state index < -0.39 is 5.97 Å². The SMILES string of the molecule is CCc1ccc(NC(=O)COc2ccc(C(=O)OC)cc2)cc1. The van der Waals surface area contributed by atoms with Gasteiger partial charge in [-0.25, -0.2) is 4.79 Å². The van der Waals surface area contributed by atoms with E-state index in [4.69, 9.17) is 4.74 Å². The largest absolute Gasteiger partial charge is 0.484 e. The van der Waals surface area contributed by atoms with Gasteiger partial charge in [0.05, 0.1) is 12.7 Å². The number of rotatable bonds is 6. The van der Waals surface area contributed by atoms with Gasteiger partial charge in [-0.15, -0.1) is 0 Å². The number of anilines is 1. The molecule has 0 spiro atoms. The first-order valence-electron chi connectivity index (χ1n) is 7.32. The quantitative estimate of drug-likeness (QED) is 0.833. The monoisotopic (exact) mass is 313 g/mol. The molecule has 0 aliphatic rings. The zero-order valence-corrected chi connectivity index (χ0v) is 13.2. The molecule has 0 saturated heterocycles. The van der Waals surface area contributed by atoms with E-state index in [-0.39, 0.29) is 12.5 Å². The lowest BCUT2D eigenvalue weighted by atomic mass is 10.1. The van der Waals surface area contributed by atoms with Crippen LogP contribution in [-0.2, 0) is 16.0 Å². The molecule has 1 amide bonds. The van der Waals surface area contributed by atoms with Crippen molar-refractivity contribution in [3.63, 3.8) is 0 Å². The number of methoxy groups -OCH3 is 1. The van der Waals surface area contributed by atoms with E-state index in [1.54, 1.807) is 24.3 Å². The standard InChI is InChI=1S/C18H19NO4/c1-3-13-4-8-15(9-5-13)19-17(20)12-23-16-10-6-14(7-11-16)18(21)22-2/h4-11H,3,12H2,1-2H3,(H,19,20). The van der Waals surface area contributed by atoms with Crippen LogP contribution in [0.2, 0.25) is 0 Å². The Kier molecular flexibility index (Phi) is 5.74. The predicted octanol–water partition coefficient (Wildman–Crippen LogP) is 3.05. The van der Waals surface area contributed by atoms with E-state index in [1.165, 1.54) is 12.7 Å². The molecule has 1 N–H and O–H groups in total. The van der Waals surface area contributed by atoms with Crippen LogP contribution in [0.25, 0.3) is 0 Å². The van der Waals surface area contributed by atoms with E-state index in [0.717, 1.165) is 12.1 Å². The highest BCUT2D eigenvalue weighted by atomic mass is 16.5. The smallest absolute Gasteiger partial charge is 0.337 e. The van der Waals surface area contributed by atoms with Gasteiger partial charge in [0.2, 0.25) is 0 Å². The summed E-state index contributed by atoms with van der Waals surface area (Å²) in [5, 5.41) is 2.76. The van der Waals surface area contributed by atoms with Crippen LogP contribution in [0.1, 0.15) is 22.8 Å². The van der Waals surface area contributed by atoms with Crippen LogP contribution in [0, 0.1) is 0 Å². The second-order valence-electron chi connectivity index (χ2n) is 4.90. The molecule has 2 aromatic carbocycles. The Balaban J connectivity index is 1.84. The average Bonchev–Trinajstić information content (AvgIpc) is 2.60. The molecule has 0 unspecified atom stereocenters. The lowest BCUT2D eigenvalue weighted by Crippen LogP contribution is -2.20. The topological polar surface area (TPSA) is 64.6 Å². The van der Waals surface area contributed by atoms with Gasteiger partial charge in [-0.1, -0.05) is 19.1 Å². The number of hydrogen-bond donors (Lipinski definition) is 1. The molecule has 5 heteroatoms. The van der Waals surface area contributed by atoms with Crippen LogP contribution in [0.4, 0.5) is 5.69 Å². The zero-order valence-electron chi connectivity index (χ0n) is 13.2. The number of benzene rings is 2. The van der Waals surface area contributed by atoms with Gasteiger partial charge in [0.25, 0.3) is 5.91 Å². The second kappa shape index (κ2) is 7.98. The van der Waals surface area contributed by atoms with Crippen LogP contribution >= 0.6 is 0 Å². The van der Waals surface area contributed by atoms with Gasteiger partial charge in [0.1, 0.15) is 5.75 Å². The maximum Gasteiger partial charge on any atom is 0.337 e. The van der Waals surface area contributed by atoms with Crippen LogP contribution in [0.5, 0.6) is 5.75 Å². The first-order chi connectivity index (χ1) is 11.1. The summed E-state index contributed by atoms with van der Waals surface area (Å²) in [6.07, 6.45) is 0.957. The molecule has 0 saturated carbocycles. The Morgan fingerprint density at radius 3 is 2.22 bits per heavy atom. The lowest BCUT2D eigenvalue weighted by Gasteiger charge is -2.08. The molecule has 0 radical (unpaired) electrons. The van der Waals surface area contributed by atoms with Gasteiger partial charge >= 0.3 is 5.97 Å². The Morgan fingerprint density at radius 2 is 1.65 bits per heavy atom. The molecule has 0 aromatic heterocycles. The first kappa shape index (κ1) is 16.5. The van der Waals surface area contributed by atoms with Gasteiger partial charge < -0.3 is 14.8 Å². The highest BCUT2D eigenvalue weighted by Gasteiger charge is 2.07. The molecule has 0 bridgehead atoms. The van der Waals surface area contributed by atoms with Gasteiger partial charge in [0.15, 0.2) is 6.61 Å². The summed E-state index contributed by atoms with van der Waals surface area (Å²) in [7, 11) is 1.32. The lowest BCUT2D eigenvalue weighted by molar-refractivity contribution is -0.118. The average molecular weight is 313 g/mol. The highest BCUT2D eigenvalue weighted by Crippen LogP contribution is 2.13. The Labute approximate surface area is 135 Å². The van der Waals surface area contributed by atoms with Crippen LogP contribution in [0.3, 0.4) is 0 Å². The molecule has 2 aromatic rings. The van der Waals surface area contributed by atoms with Crippen molar-refractivity contribution in [2.45, 2.75) is 13.3 Å². The molecule has 0 aliphatic carbocycles. The third kappa shape index (κ3) is 4.85. The van der Waals surface area contributed by atoms with E-state index in [2.05, 4.69) is 17.0 Å². The molecule has 0 atom stereocenters. The van der Waals surface area contributed by atoms with Crippen molar-refractivity contribution in [1.82, 2.24) is 0 Å². The molecular formula is C18H19NO4. The highest BCUT2D eigenvalue weighted by molar-refractivity contribution is 5.92. The fourth-order valence-electron chi connectivity index (χ4n) is 1.97. The van der Waals surface area contributed by atoms with Crippen molar-refractivity contribution in [3.05, 3.63) is 59.7 Å². The fourth-order valence-corrected chi connectivity index (χ4v) is 1.97. The van der Waals surface area contributed by atoms with E-state index in [9.17, 15) is 9.59 Å². The minimum atomic E-state index is -0.412. The number of ether oxygens (including phenoxy) is 2. The maximum atomic E-state index is 11.9. The van der Waals surface area contributed by atoms with Crippen molar-refractivity contribution in [2.75, 3.05) is 19.0 Å². The number of amides is 1. The van der Waals surface area contributed by atoms with Crippen molar-refractivity contribution in [2.24, 2.45) is 0 Å². The zero-order chi connectivity index (χ0) is 16.7. The summed E-state index contributed by atoms with van der Waals surface area (Å²) < 4.78 is 10.0. The molecule has 0 fully saturated rings. The number of hydrogen-bond acceptors (Lipinski definition) is 4. The van der Waals surface area contributed by atoms with Gasteiger partial charge in [0, 0.05) is 5.69 Å². The molecular weight excluding hydrogens is 294 g/mol. The van der Waals surface area contributed by atoms with Crippen LogP contribution < -0.4 is 10.1 Å². The predicted molar refractivity (Wildman–Crippen MR) is 87.7 cm³/mol. The van der Waals surface area contributed by atoms with Crippen LogP contribution in [-0.4, -0.2) is 25.6 Å². The maximum absolute atomic E-state index is 11.9. The number of nitrogens with one attached hydrogen (secondary N) is 1. The van der Waals surface area contributed by atoms with Gasteiger partial charge in [-0.2, -0.15) is 0 Å². The van der Waals surface area contributed by atoms with Crippen molar-refractivity contribution >= 4 is 17.6 Å². The van der Waals surface area contributed by atoms with E-state index in [0.29, 0.717) is 11.3 Å². The summed E-state index contributed by atoms with van der Waals surface area (Å²) in [5.74, 6) is -0.148. The molecule has 120 valence electrons. The number of aryl methyl sites for hydroxylation is 1. The Bertz CT molecular complexity index is 662. The van der Waals surface area contributed by atoms with Crippen molar-refractivity contribution in [1.29, 1.82) is 0 Å². The van der Waals surface area contributed by atoms with E-state index in [1.807, 2.05) is 24.3 Å². The third-order valence-corrected chi connectivity index (χ3v) is 3.29. The summed E-state index contributed by atoms with van der Waals surface area (Å²) in [6.45, 7) is 1.97. The van der Waals surface area contributed by atoms with Gasteiger partial charge in [-0.05, 0) is 48.4 Å². The normalized spacial score (nSPS) is 10.0. The fraction of sp³-hybridized carbons (Fsp3) is 0.222. The number of carbonyl (C=O) groups excluding carboxylic acids is 2. The van der Waals surface area contributed by atoms with Gasteiger partial charge in [-0.3, -0.25) is 4.79 Å². The summed E-state index contributed by atoms with van der Waals surface area (Å²) >= 11 is 0. The van der Waals surface area contributed by atoms with Crippen molar-refractivity contribution < 1.29 is 19.1 Å². The van der Waals surface area contributed by atoms with E-state index >= 15 is 0 Å². The second-order valence-corrected chi connectivity index (χ2v) is 4.90. The number of esters is 1. The summed E-state index contributed by atoms with van der Waals surface area (Å²) in [5.41, 5.74) is 2.38.